The fourth-order valence-corrected chi connectivity index (χ4v) is 1.80. The van der Waals surface area contributed by atoms with Gasteiger partial charge in [-0.25, -0.2) is 0 Å². The molecule has 0 saturated carbocycles. The maximum Gasteiger partial charge on any atom is 0.262 e. The number of nitrogens with one attached hydrogen (secondary N) is 2. The van der Waals surface area contributed by atoms with E-state index < -0.39 is 0 Å². The van der Waals surface area contributed by atoms with Crippen LogP contribution in [0.4, 0.5) is 11.5 Å². The molecule has 3 rings (SSSR count). The summed E-state index contributed by atoms with van der Waals surface area (Å²) < 4.78 is 5.26. The van der Waals surface area contributed by atoms with E-state index in [0.29, 0.717) is 22.9 Å². The SMILES string of the molecule is [N-]=[N+]=Nc1cc(-c2ccc3c(c2)NC(=O)CO3)n[nH]1. The molecule has 1 aromatic carbocycles. The lowest BCUT2D eigenvalue weighted by Gasteiger charge is -2.18. The summed E-state index contributed by atoms with van der Waals surface area (Å²) in [4.78, 5) is 13.9. The first-order valence-corrected chi connectivity index (χ1v) is 5.44. The first-order valence-electron chi connectivity index (χ1n) is 5.44. The lowest BCUT2D eigenvalue weighted by Crippen LogP contribution is -2.25. The van der Waals surface area contributed by atoms with E-state index in [4.69, 9.17) is 10.3 Å². The Morgan fingerprint density at radius 2 is 2.32 bits per heavy atom. The number of nitrogens with zero attached hydrogens (tertiary/aromatic N) is 4. The van der Waals surface area contributed by atoms with E-state index in [-0.39, 0.29) is 12.5 Å². The number of H-pyrrole nitrogens is 1. The summed E-state index contributed by atoms with van der Waals surface area (Å²) in [7, 11) is 0. The Morgan fingerprint density at radius 1 is 1.42 bits per heavy atom. The molecule has 0 bridgehead atoms. The molecule has 94 valence electrons. The highest BCUT2D eigenvalue weighted by molar-refractivity contribution is 5.96. The van der Waals surface area contributed by atoms with E-state index >= 15 is 0 Å². The smallest absolute Gasteiger partial charge is 0.262 e. The monoisotopic (exact) mass is 256 g/mol. The number of anilines is 1. The molecule has 0 unspecified atom stereocenters. The lowest BCUT2D eigenvalue weighted by atomic mass is 10.1. The second-order valence-electron chi connectivity index (χ2n) is 3.88. The molecule has 0 atom stereocenters. The van der Waals surface area contributed by atoms with Gasteiger partial charge in [0.2, 0.25) is 0 Å². The molecule has 1 aliphatic heterocycles. The molecule has 2 heterocycles. The fraction of sp³-hybridized carbons (Fsp3) is 0.0909. The molecule has 1 aliphatic rings. The molecule has 2 aromatic rings. The van der Waals surface area contributed by atoms with Gasteiger partial charge in [0.1, 0.15) is 11.6 Å². The van der Waals surface area contributed by atoms with Gasteiger partial charge in [-0.3, -0.25) is 9.89 Å². The van der Waals surface area contributed by atoms with Gasteiger partial charge in [0.15, 0.2) is 6.61 Å². The molecule has 8 nitrogen and oxygen atoms in total. The quantitative estimate of drug-likeness (QED) is 0.488. The highest BCUT2D eigenvalue weighted by Crippen LogP contribution is 2.32. The van der Waals surface area contributed by atoms with E-state index in [9.17, 15) is 4.79 Å². The standard InChI is InChI=1S/C11H8N6O2/c12-17-16-10-4-7(14-15-10)6-1-2-9-8(3-6)13-11(18)5-19-9/h1-4H,5H2,(H,13,18)(H,14,15). The summed E-state index contributed by atoms with van der Waals surface area (Å²) in [5.74, 6) is 0.756. The topological polar surface area (TPSA) is 116 Å². The number of aromatic amines is 1. The van der Waals surface area contributed by atoms with Gasteiger partial charge in [0.25, 0.3) is 5.91 Å². The van der Waals surface area contributed by atoms with Gasteiger partial charge < -0.3 is 10.1 Å². The fourth-order valence-electron chi connectivity index (χ4n) is 1.80. The summed E-state index contributed by atoms with van der Waals surface area (Å²) in [6.07, 6.45) is 0. The zero-order chi connectivity index (χ0) is 13.2. The number of aromatic nitrogens is 2. The van der Waals surface area contributed by atoms with Crippen molar-refractivity contribution in [1.82, 2.24) is 10.2 Å². The second kappa shape index (κ2) is 4.35. The normalized spacial score (nSPS) is 12.9. The van der Waals surface area contributed by atoms with Crippen molar-refractivity contribution in [3.05, 3.63) is 34.7 Å². The van der Waals surface area contributed by atoms with Crippen molar-refractivity contribution in [2.75, 3.05) is 11.9 Å². The van der Waals surface area contributed by atoms with Crippen molar-refractivity contribution < 1.29 is 9.53 Å². The van der Waals surface area contributed by atoms with Crippen LogP contribution >= 0.6 is 0 Å². The van der Waals surface area contributed by atoms with Crippen LogP contribution in [0.3, 0.4) is 0 Å². The summed E-state index contributed by atoms with van der Waals surface area (Å²) >= 11 is 0. The third-order valence-electron chi connectivity index (χ3n) is 2.62. The summed E-state index contributed by atoms with van der Waals surface area (Å²) in [5, 5.41) is 12.8. The van der Waals surface area contributed by atoms with Crippen molar-refractivity contribution in [2.45, 2.75) is 0 Å². The molecule has 0 saturated heterocycles. The maximum atomic E-state index is 11.2. The molecule has 1 amide bonds. The van der Waals surface area contributed by atoms with E-state index in [2.05, 4.69) is 25.5 Å². The first kappa shape index (κ1) is 11.1. The Balaban J connectivity index is 1.98. The van der Waals surface area contributed by atoms with Crippen LogP contribution in [0.2, 0.25) is 0 Å². The van der Waals surface area contributed by atoms with Gasteiger partial charge in [-0.2, -0.15) is 5.10 Å². The van der Waals surface area contributed by atoms with Crippen molar-refractivity contribution in [3.63, 3.8) is 0 Å². The highest BCUT2D eigenvalue weighted by atomic mass is 16.5. The third kappa shape index (κ3) is 2.07. The zero-order valence-corrected chi connectivity index (χ0v) is 9.62. The van der Waals surface area contributed by atoms with Crippen LogP contribution in [-0.4, -0.2) is 22.7 Å². The largest absolute Gasteiger partial charge is 0.482 e. The van der Waals surface area contributed by atoms with Crippen LogP contribution in [0.1, 0.15) is 0 Å². The minimum absolute atomic E-state index is 0.0236. The number of hydrogen-bond donors (Lipinski definition) is 2. The lowest BCUT2D eigenvalue weighted by molar-refractivity contribution is -0.118. The maximum absolute atomic E-state index is 11.2. The van der Waals surface area contributed by atoms with Crippen LogP contribution in [0, 0.1) is 0 Å². The summed E-state index contributed by atoms with van der Waals surface area (Å²) in [6, 6.07) is 6.94. The van der Waals surface area contributed by atoms with Gasteiger partial charge in [0, 0.05) is 10.5 Å². The van der Waals surface area contributed by atoms with E-state index in [1.165, 1.54) is 0 Å². The number of benzene rings is 1. The minimum atomic E-state index is -0.193. The molecule has 0 spiro atoms. The average Bonchev–Trinajstić information content (AvgIpc) is 2.87. The van der Waals surface area contributed by atoms with Crippen molar-refractivity contribution >= 4 is 17.4 Å². The molecule has 2 N–H and O–H groups in total. The Labute approximate surface area is 107 Å². The molecular weight excluding hydrogens is 248 g/mol. The molecule has 0 radical (unpaired) electrons. The van der Waals surface area contributed by atoms with E-state index in [1.54, 1.807) is 18.2 Å². The number of rotatable bonds is 2. The Morgan fingerprint density at radius 3 is 3.16 bits per heavy atom. The molecule has 0 fully saturated rings. The van der Waals surface area contributed by atoms with Gasteiger partial charge in [-0.15, -0.1) is 0 Å². The van der Waals surface area contributed by atoms with Gasteiger partial charge in [0.05, 0.1) is 11.4 Å². The third-order valence-corrected chi connectivity index (χ3v) is 2.62. The highest BCUT2D eigenvalue weighted by Gasteiger charge is 2.16. The van der Waals surface area contributed by atoms with Crippen LogP contribution in [0.15, 0.2) is 29.4 Å². The number of azide groups is 1. The average molecular weight is 256 g/mol. The van der Waals surface area contributed by atoms with Crippen molar-refractivity contribution in [3.8, 4) is 17.0 Å². The van der Waals surface area contributed by atoms with E-state index in [1.807, 2.05) is 6.07 Å². The number of carbonyl (C=O) groups excluding carboxylic acids is 1. The van der Waals surface area contributed by atoms with Crippen LogP contribution in [-0.2, 0) is 4.79 Å². The second-order valence-corrected chi connectivity index (χ2v) is 3.88. The van der Waals surface area contributed by atoms with Crippen LogP contribution in [0.5, 0.6) is 5.75 Å². The van der Waals surface area contributed by atoms with Gasteiger partial charge in [-0.1, -0.05) is 0 Å². The Bertz CT molecular complexity index is 701. The number of fused-ring (bicyclic) bond motifs is 1. The van der Waals surface area contributed by atoms with Crippen LogP contribution < -0.4 is 10.1 Å². The van der Waals surface area contributed by atoms with Crippen LogP contribution in [0.25, 0.3) is 21.7 Å². The number of ether oxygens (including phenoxy) is 1. The van der Waals surface area contributed by atoms with E-state index in [0.717, 1.165) is 5.56 Å². The predicted octanol–water partition coefficient (Wildman–Crippen LogP) is 2.35. The summed E-state index contributed by atoms with van der Waals surface area (Å²) in [5.41, 5.74) is 10.3. The van der Waals surface area contributed by atoms with Gasteiger partial charge >= 0.3 is 0 Å². The van der Waals surface area contributed by atoms with Crippen molar-refractivity contribution in [1.29, 1.82) is 0 Å². The molecule has 8 heteroatoms. The summed E-state index contributed by atoms with van der Waals surface area (Å²) in [6.45, 7) is 0.0236. The molecule has 0 aliphatic carbocycles. The predicted molar refractivity (Wildman–Crippen MR) is 67.0 cm³/mol. The number of amides is 1. The first-order chi connectivity index (χ1) is 9.26. The number of carbonyl (C=O) groups is 1. The Hall–Kier alpha value is -2.99. The van der Waals surface area contributed by atoms with Gasteiger partial charge in [-0.05, 0) is 34.9 Å². The zero-order valence-electron chi connectivity index (χ0n) is 9.62. The molecule has 1 aromatic heterocycles. The Kier molecular flexibility index (Phi) is 2.55. The van der Waals surface area contributed by atoms with Crippen molar-refractivity contribution in [2.24, 2.45) is 5.11 Å². The minimum Gasteiger partial charge on any atom is -0.482 e. The number of hydrogen-bond acceptors (Lipinski definition) is 4. The molecule has 19 heavy (non-hydrogen) atoms. The molecular formula is C11H8N6O2.